The van der Waals surface area contributed by atoms with E-state index in [1.54, 1.807) is 24.9 Å². The number of rotatable bonds is 6. The number of hydrogen-bond donors (Lipinski definition) is 0. The van der Waals surface area contributed by atoms with E-state index in [1.807, 2.05) is 18.2 Å². The van der Waals surface area contributed by atoms with Crippen molar-refractivity contribution in [1.82, 2.24) is 14.8 Å². The molecule has 1 aromatic heterocycles. The van der Waals surface area contributed by atoms with E-state index in [2.05, 4.69) is 4.98 Å². The van der Waals surface area contributed by atoms with Crippen LogP contribution >= 0.6 is 22.9 Å². The van der Waals surface area contributed by atoms with Gasteiger partial charge in [0.1, 0.15) is 9.88 Å². The molecule has 9 heteroatoms. The topological polar surface area (TPSA) is 79.8 Å². The number of likely N-dealkylation sites (tertiary alicyclic amines) is 1. The first-order chi connectivity index (χ1) is 14.4. The van der Waals surface area contributed by atoms with Crippen LogP contribution in [0, 0.1) is 5.92 Å². The van der Waals surface area contributed by atoms with Gasteiger partial charge in [-0.3, -0.25) is 14.4 Å². The molecular weight excluding hydrogens is 426 g/mol. The van der Waals surface area contributed by atoms with Crippen LogP contribution in [0.25, 0.3) is 10.6 Å². The molecule has 0 N–H and O–H groups in total. The third-order valence-corrected chi connectivity index (χ3v) is 6.36. The normalized spacial score (nSPS) is 14.4. The molecule has 0 saturated carbocycles. The van der Waals surface area contributed by atoms with E-state index in [0.29, 0.717) is 47.4 Å². The minimum Gasteiger partial charge on any atom is -0.466 e. The van der Waals surface area contributed by atoms with Crippen LogP contribution in [0.3, 0.4) is 0 Å². The van der Waals surface area contributed by atoms with Crippen molar-refractivity contribution in [2.45, 2.75) is 19.8 Å². The molecule has 30 heavy (non-hydrogen) atoms. The van der Waals surface area contributed by atoms with Gasteiger partial charge in [-0.1, -0.05) is 29.8 Å². The molecule has 1 aliphatic heterocycles. The van der Waals surface area contributed by atoms with Crippen molar-refractivity contribution in [3.63, 3.8) is 0 Å². The first-order valence-corrected chi connectivity index (χ1v) is 11.0. The molecule has 1 aromatic carbocycles. The SMILES string of the molecule is CCOC(=O)C1CCN(C(=O)CN(C)C(=O)c2cnc(-c3ccccc3Cl)s2)CC1. The molecule has 160 valence electrons. The van der Waals surface area contributed by atoms with Crippen LogP contribution in [-0.2, 0) is 14.3 Å². The van der Waals surface area contributed by atoms with Crippen molar-refractivity contribution >= 4 is 40.7 Å². The van der Waals surface area contributed by atoms with Crippen LogP contribution in [0.15, 0.2) is 30.5 Å². The minimum absolute atomic E-state index is 0.0256. The number of esters is 1. The average Bonchev–Trinajstić information content (AvgIpc) is 3.23. The number of carbonyl (C=O) groups excluding carboxylic acids is 3. The van der Waals surface area contributed by atoms with E-state index in [9.17, 15) is 14.4 Å². The molecule has 0 atom stereocenters. The molecule has 1 saturated heterocycles. The highest BCUT2D eigenvalue weighted by Gasteiger charge is 2.29. The molecule has 1 fully saturated rings. The minimum atomic E-state index is -0.263. The summed E-state index contributed by atoms with van der Waals surface area (Å²) in [4.78, 5) is 45.0. The Labute approximate surface area is 184 Å². The van der Waals surface area contributed by atoms with Crippen LogP contribution in [-0.4, -0.2) is 65.9 Å². The Morgan fingerprint density at radius 1 is 1.27 bits per heavy atom. The van der Waals surface area contributed by atoms with Gasteiger partial charge in [0.15, 0.2) is 0 Å². The first kappa shape index (κ1) is 22.2. The van der Waals surface area contributed by atoms with Gasteiger partial charge in [-0.15, -0.1) is 11.3 Å². The van der Waals surface area contributed by atoms with E-state index in [-0.39, 0.29) is 30.2 Å². The molecule has 0 bridgehead atoms. The van der Waals surface area contributed by atoms with Crippen molar-refractivity contribution in [3.8, 4) is 10.6 Å². The Morgan fingerprint density at radius 2 is 1.97 bits per heavy atom. The van der Waals surface area contributed by atoms with Gasteiger partial charge in [0.05, 0.1) is 30.3 Å². The fourth-order valence-electron chi connectivity index (χ4n) is 3.32. The van der Waals surface area contributed by atoms with Crippen LogP contribution in [0.5, 0.6) is 0 Å². The molecule has 2 heterocycles. The smallest absolute Gasteiger partial charge is 0.309 e. The van der Waals surface area contributed by atoms with E-state index in [0.717, 1.165) is 5.56 Å². The summed E-state index contributed by atoms with van der Waals surface area (Å²) in [7, 11) is 1.60. The fourth-order valence-corrected chi connectivity index (χ4v) is 4.55. The van der Waals surface area contributed by atoms with E-state index in [1.165, 1.54) is 22.4 Å². The number of likely N-dealkylation sites (N-methyl/N-ethyl adjacent to an activating group) is 1. The molecule has 3 rings (SSSR count). The molecule has 0 radical (unpaired) electrons. The zero-order valence-corrected chi connectivity index (χ0v) is 18.5. The predicted molar refractivity (Wildman–Crippen MR) is 115 cm³/mol. The average molecular weight is 450 g/mol. The van der Waals surface area contributed by atoms with Crippen molar-refractivity contribution < 1.29 is 19.1 Å². The number of ether oxygens (including phenoxy) is 1. The summed E-state index contributed by atoms with van der Waals surface area (Å²) in [5.74, 6) is -0.755. The lowest BCUT2D eigenvalue weighted by Gasteiger charge is -2.32. The first-order valence-electron chi connectivity index (χ1n) is 9.81. The highest BCUT2D eigenvalue weighted by molar-refractivity contribution is 7.17. The molecule has 0 spiro atoms. The lowest BCUT2D eigenvalue weighted by molar-refractivity contribution is -0.151. The van der Waals surface area contributed by atoms with Gasteiger partial charge in [-0.05, 0) is 25.8 Å². The Balaban J connectivity index is 1.55. The third-order valence-electron chi connectivity index (χ3n) is 5.01. The van der Waals surface area contributed by atoms with E-state index in [4.69, 9.17) is 16.3 Å². The maximum atomic E-state index is 12.7. The molecule has 1 aliphatic rings. The Hall–Kier alpha value is -2.45. The molecule has 2 aromatic rings. The second-order valence-electron chi connectivity index (χ2n) is 7.08. The number of benzene rings is 1. The summed E-state index contributed by atoms with van der Waals surface area (Å²) in [5, 5.41) is 1.23. The molecule has 2 amide bonds. The number of amides is 2. The number of piperidine rings is 1. The lowest BCUT2D eigenvalue weighted by Crippen LogP contribution is -2.45. The Morgan fingerprint density at radius 3 is 2.63 bits per heavy atom. The van der Waals surface area contributed by atoms with Gasteiger partial charge in [-0.2, -0.15) is 0 Å². The zero-order chi connectivity index (χ0) is 21.7. The summed E-state index contributed by atoms with van der Waals surface area (Å²) >= 11 is 7.45. The van der Waals surface area contributed by atoms with Crippen molar-refractivity contribution in [3.05, 3.63) is 40.4 Å². The van der Waals surface area contributed by atoms with Gasteiger partial charge in [-0.25, -0.2) is 4.98 Å². The fraction of sp³-hybridized carbons (Fsp3) is 0.429. The van der Waals surface area contributed by atoms with Crippen molar-refractivity contribution in [2.75, 3.05) is 33.3 Å². The van der Waals surface area contributed by atoms with Gasteiger partial charge < -0.3 is 14.5 Å². The largest absolute Gasteiger partial charge is 0.466 e. The second kappa shape index (κ2) is 10.0. The van der Waals surface area contributed by atoms with Gasteiger partial charge in [0.25, 0.3) is 5.91 Å². The number of halogens is 1. The number of aromatic nitrogens is 1. The highest BCUT2D eigenvalue weighted by Crippen LogP contribution is 2.31. The highest BCUT2D eigenvalue weighted by atomic mass is 35.5. The van der Waals surface area contributed by atoms with E-state index < -0.39 is 0 Å². The van der Waals surface area contributed by atoms with Crippen LogP contribution in [0.2, 0.25) is 5.02 Å². The Bertz CT molecular complexity index is 924. The summed E-state index contributed by atoms with van der Waals surface area (Å²) < 4.78 is 5.06. The maximum absolute atomic E-state index is 12.7. The molecule has 7 nitrogen and oxygen atoms in total. The van der Waals surface area contributed by atoms with Crippen molar-refractivity contribution in [2.24, 2.45) is 5.92 Å². The quantitative estimate of drug-likeness (QED) is 0.632. The van der Waals surface area contributed by atoms with Crippen LogP contribution < -0.4 is 0 Å². The monoisotopic (exact) mass is 449 g/mol. The van der Waals surface area contributed by atoms with Crippen molar-refractivity contribution in [1.29, 1.82) is 0 Å². The predicted octanol–water partition coefficient (Wildman–Crippen LogP) is 3.34. The lowest BCUT2D eigenvalue weighted by atomic mass is 9.97. The molecule has 0 aliphatic carbocycles. The third kappa shape index (κ3) is 5.17. The standard InChI is InChI=1S/C21H24ClN3O4S/c1-3-29-21(28)14-8-10-25(11-9-14)18(26)13-24(2)20(27)17-12-23-19(30-17)15-6-4-5-7-16(15)22/h4-7,12,14H,3,8-11,13H2,1-2H3. The summed E-state index contributed by atoms with van der Waals surface area (Å²) in [6.45, 7) is 3.09. The number of nitrogens with zero attached hydrogens (tertiary/aromatic N) is 3. The molecular formula is C21H24ClN3O4S. The molecule has 0 unspecified atom stereocenters. The Kier molecular flexibility index (Phi) is 7.44. The van der Waals surface area contributed by atoms with Crippen LogP contribution in [0.1, 0.15) is 29.4 Å². The van der Waals surface area contributed by atoms with E-state index >= 15 is 0 Å². The summed E-state index contributed by atoms with van der Waals surface area (Å²) in [6, 6.07) is 7.32. The maximum Gasteiger partial charge on any atom is 0.309 e. The van der Waals surface area contributed by atoms with Gasteiger partial charge in [0.2, 0.25) is 5.91 Å². The van der Waals surface area contributed by atoms with Gasteiger partial charge >= 0.3 is 5.97 Å². The number of carbonyl (C=O) groups is 3. The van der Waals surface area contributed by atoms with Gasteiger partial charge in [0, 0.05) is 25.7 Å². The second-order valence-corrected chi connectivity index (χ2v) is 8.52. The number of hydrogen-bond acceptors (Lipinski definition) is 6. The summed E-state index contributed by atoms with van der Waals surface area (Å²) in [6.07, 6.45) is 2.67. The number of thiazole rings is 1. The zero-order valence-electron chi connectivity index (χ0n) is 17.0. The summed E-state index contributed by atoms with van der Waals surface area (Å²) in [5.41, 5.74) is 0.770. The van der Waals surface area contributed by atoms with Crippen LogP contribution in [0.4, 0.5) is 0 Å².